The van der Waals surface area contributed by atoms with Gasteiger partial charge in [0.15, 0.2) is 0 Å². The van der Waals surface area contributed by atoms with E-state index >= 15 is 0 Å². The van der Waals surface area contributed by atoms with Crippen molar-refractivity contribution in [2.24, 2.45) is 0 Å². The molecule has 1 aliphatic rings. The molecule has 1 saturated heterocycles. The second-order valence-corrected chi connectivity index (χ2v) is 9.18. The second-order valence-electron chi connectivity index (χ2n) is 7.32. The highest BCUT2D eigenvalue weighted by Gasteiger charge is 2.31. The van der Waals surface area contributed by atoms with Gasteiger partial charge in [-0.2, -0.15) is 0 Å². The maximum Gasteiger partial charge on any atom is 0.248 e. The quantitative estimate of drug-likeness (QED) is 0.670. The van der Waals surface area contributed by atoms with E-state index < -0.39 is 16.1 Å². The molecule has 2 aromatic rings. The predicted octanol–water partition coefficient (Wildman–Crippen LogP) is 2.72. The van der Waals surface area contributed by atoms with E-state index in [2.05, 4.69) is 10.2 Å². The number of nitrogens with one attached hydrogen (secondary N) is 1. The van der Waals surface area contributed by atoms with Crippen LogP contribution in [-0.4, -0.2) is 60.0 Å². The van der Waals surface area contributed by atoms with Gasteiger partial charge < -0.3 is 19.7 Å². The first-order chi connectivity index (χ1) is 14.8. The van der Waals surface area contributed by atoms with Crippen LogP contribution in [0.15, 0.2) is 48.5 Å². The molecule has 1 amide bonds. The van der Waals surface area contributed by atoms with Gasteiger partial charge in [-0.3, -0.25) is 9.10 Å². The SMILES string of the molecule is CC[C@@H](C(=O)Nc1ccc(N2CCOCC2)cc1)N(c1ccc(OC)cc1)S(C)(=O)=O. The number of amides is 1. The summed E-state index contributed by atoms with van der Waals surface area (Å²) in [4.78, 5) is 15.3. The Bertz CT molecular complexity index is 971. The fraction of sp³-hybridized carbons (Fsp3) is 0.409. The van der Waals surface area contributed by atoms with Gasteiger partial charge in [0, 0.05) is 24.5 Å². The number of hydrogen-bond acceptors (Lipinski definition) is 6. The first-order valence-corrected chi connectivity index (χ1v) is 12.1. The minimum atomic E-state index is -3.69. The molecule has 2 aromatic carbocycles. The summed E-state index contributed by atoms with van der Waals surface area (Å²) in [7, 11) is -2.16. The lowest BCUT2D eigenvalue weighted by molar-refractivity contribution is -0.117. The summed E-state index contributed by atoms with van der Waals surface area (Å²) < 4.78 is 36.8. The molecule has 31 heavy (non-hydrogen) atoms. The molecule has 1 heterocycles. The molecular formula is C22H29N3O5S. The van der Waals surface area contributed by atoms with Gasteiger partial charge in [-0.25, -0.2) is 8.42 Å². The molecule has 8 nitrogen and oxygen atoms in total. The summed E-state index contributed by atoms with van der Waals surface area (Å²) in [6.07, 6.45) is 1.42. The molecule has 0 aromatic heterocycles. The smallest absolute Gasteiger partial charge is 0.248 e. The van der Waals surface area contributed by atoms with Crippen LogP contribution in [0.1, 0.15) is 13.3 Å². The van der Waals surface area contributed by atoms with Gasteiger partial charge in [0.2, 0.25) is 15.9 Å². The number of methoxy groups -OCH3 is 1. The summed E-state index contributed by atoms with van der Waals surface area (Å²) in [5, 5.41) is 2.86. The molecule has 1 aliphatic heterocycles. The Balaban J connectivity index is 1.78. The maximum absolute atomic E-state index is 13.0. The van der Waals surface area contributed by atoms with Crippen LogP contribution < -0.4 is 19.3 Å². The minimum absolute atomic E-state index is 0.316. The molecule has 0 radical (unpaired) electrons. The Hall–Kier alpha value is -2.78. The number of sulfonamides is 1. The van der Waals surface area contributed by atoms with Crippen LogP contribution >= 0.6 is 0 Å². The van der Waals surface area contributed by atoms with E-state index in [1.807, 2.05) is 24.3 Å². The lowest BCUT2D eigenvalue weighted by atomic mass is 10.1. The van der Waals surface area contributed by atoms with Crippen molar-refractivity contribution >= 4 is 33.0 Å². The molecule has 0 unspecified atom stereocenters. The summed E-state index contributed by atoms with van der Waals surface area (Å²) in [5.74, 6) is 0.220. The molecule has 168 valence electrons. The number of benzene rings is 2. The third-order valence-corrected chi connectivity index (χ3v) is 6.35. The van der Waals surface area contributed by atoms with Crippen LogP contribution in [0.3, 0.4) is 0 Å². The average Bonchev–Trinajstić information content (AvgIpc) is 2.77. The van der Waals surface area contributed by atoms with Crippen molar-refractivity contribution in [1.29, 1.82) is 0 Å². The minimum Gasteiger partial charge on any atom is -0.497 e. The number of rotatable bonds is 8. The van der Waals surface area contributed by atoms with Crippen molar-refractivity contribution in [2.75, 3.05) is 54.2 Å². The summed E-state index contributed by atoms with van der Waals surface area (Å²) in [5.41, 5.74) is 2.08. The number of anilines is 3. The van der Waals surface area contributed by atoms with Crippen LogP contribution in [0, 0.1) is 0 Å². The van der Waals surface area contributed by atoms with Gasteiger partial charge in [-0.05, 0) is 55.0 Å². The lowest BCUT2D eigenvalue weighted by Crippen LogP contribution is -2.47. The van der Waals surface area contributed by atoms with Gasteiger partial charge in [-0.15, -0.1) is 0 Å². The van der Waals surface area contributed by atoms with Crippen molar-refractivity contribution in [3.8, 4) is 5.75 Å². The lowest BCUT2D eigenvalue weighted by Gasteiger charge is -2.30. The number of carbonyl (C=O) groups excluding carboxylic acids is 1. The molecule has 0 aliphatic carbocycles. The van der Waals surface area contributed by atoms with Gasteiger partial charge in [0.1, 0.15) is 11.8 Å². The fourth-order valence-electron chi connectivity index (χ4n) is 3.59. The summed E-state index contributed by atoms with van der Waals surface area (Å²) >= 11 is 0. The third kappa shape index (κ3) is 5.68. The van der Waals surface area contributed by atoms with E-state index in [9.17, 15) is 13.2 Å². The van der Waals surface area contributed by atoms with Gasteiger partial charge in [0.25, 0.3) is 0 Å². The number of hydrogen-bond donors (Lipinski definition) is 1. The third-order valence-electron chi connectivity index (χ3n) is 5.17. The highest BCUT2D eigenvalue weighted by molar-refractivity contribution is 7.92. The fourth-order valence-corrected chi connectivity index (χ4v) is 4.80. The van der Waals surface area contributed by atoms with E-state index in [1.54, 1.807) is 31.2 Å². The Morgan fingerprint density at radius 3 is 2.26 bits per heavy atom. The molecular weight excluding hydrogens is 418 g/mol. The number of nitrogens with zero attached hydrogens (tertiary/aromatic N) is 2. The van der Waals surface area contributed by atoms with Crippen molar-refractivity contribution < 1.29 is 22.7 Å². The maximum atomic E-state index is 13.0. The first-order valence-electron chi connectivity index (χ1n) is 10.2. The Morgan fingerprint density at radius 1 is 1.13 bits per heavy atom. The Morgan fingerprint density at radius 2 is 1.74 bits per heavy atom. The summed E-state index contributed by atoms with van der Waals surface area (Å²) in [6.45, 7) is 4.84. The number of morpholine rings is 1. The van der Waals surface area contributed by atoms with Crippen LogP contribution in [0.4, 0.5) is 17.1 Å². The number of ether oxygens (including phenoxy) is 2. The van der Waals surface area contributed by atoms with Crippen molar-refractivity contribution in [2.45, 2.75) is 19.4 Å². The molecule has 0 bridgehead atoms. The molecule has 1 atom stereocenters. The van der Waals surface area contributed by atoms with Crippen molar-refractivity contribution in [3.63, 3.8) is 0 Å². The zero-order valence-electron chi connectivity index (χ0n) is 18.1. The molecule has 0 saturated carbocycles. The van der Waals surface area contributed by atoms with E-state index in [-0.39, 0.29) is 5.91 Å². The van der Waals surface area contributed by atoms with E-state index in [4.69, 9.17) is 9.47 Å². The van der Waals surface area contributed by atoms with Gasteiger partial charge in [-0.1, -0.05) is 6.92 Å². The first kappa shape index (κ1) is 22.9. The largest absolute Gasteiger partial charge is 0.497 e. The average molecular weight is 448 g/mol. The second kappa shape index (κ2) is 10.0. The van der Waals surface area contributed by atoms with Crippen LogP contribution in [0.5, 0.6) is 5.75 Å². The molecule has 0 spiro atoms. The van der Waals surface area contributed by atoms with Crippen molar-refractivity contribution in [1.82, 2.24) is 0 Å². The highest BCUT2D eigenvalue weighted by Crippen LogP contribution is 2.26. The van der Waals surface area contributed by atoms with Gasteiger partial charge in [0.05, 0.1) is 32.3 Å². The Kier molecular flexibility index (Phi) is 7.40. The van der Waals surface area contributed by atoms with E-state index in [1.165, 1.54) is 7.11 Å². The van der Waals surface area contributed by atoms with E-state index in [0.29, 0.717) is 36.8 Å². The normalized spacial score (nSPS) is 15.3. The monoisotopic (exact) mass is 447 g/mol. The van der Waals surface area contributed by atoms with Crippen LogP contribution in [0.2, 0.25) is 0 Å². The predicted molar refractivity (Wildman–Crippen MR) is 122 cm³/mol. The highest BCUT2D eigenvalue weighted by atomic mass is 32.2. The van der Waals surface area contributed by atoms with E-state index in [0.717, 1.165) is 29.3 Å². The molecule has 9 heteroatoms. The molecule has 3 rings (SSSR count). The number of carbonyl (C=O) groups is 1. The standard InChI is InChI=1S/C22H29N3O5S/c1-4-21(25(31(3,27)28)19-9-11-20(29-2)12-10-19)22(26)23-17-5-7-18(8-6-17)24-13-15-30-16-14-24/h5-12,21H,4,13-16H2,1-3H3,(H,23,26)/t21-/m0/s1. The van der Waals surface area contributed by atoms with Crippen LogP contribution in [-0.2, 0) is 19.6 Å². The Labute approximate surface area is 183 Å². The summed E-state index contributed by atoms with van der Waals surface area (Å²) in [6, 6.07) is 13.3. The molecule has 1 fully saturated rings. The zero-order valence-corrected chi connectivity index (χ0v) is 18.9. The zero-order chi connectivity index (χ0) is 22.4. The van der Waals surface area contributed by atoms with Gasteiger partial charge >= 0.3 is 0 Å². The van der Waals surface area contributed by atoms with Crippen molar-refractivity contribution in [3.05, 3.63) is 48.5 Å². The molecule has 1 N–H and O–H groups in total. The topological polar surface area (TPSA) is 88.2 Å². The van der Waals surface area contributed by atoms with Crippen LogP contribution in [0.25, 0.3) is 0 Å².